The number of carbonyl (C=O) groups excluding carboxylic acids is 2. The summed E-state index contributed by atoms with van der Waals surface area (Å²) >= 11 is 1.53. The van der Waals surface area contributed by atoms with Crippen LogP contribution in [0.2, 0.25) is 0 Å². The number of alkyl halides is 4. The molecule has 254 valence electrons. The molecular formula is C40H12F4N6O2S2. The summed E-state index contributed by atoms with van der Waals surface area (Å²) < 4.78 is 64.9. The highest BCUT2D eigenvalue weighted by atomic mass is 32.1. The van der Waals surface area contributed by atoms with Gasteiger partial charge in [-0.05, 0) is 35.4 Å². The quantitative estimate of drug-likeness (QED) is 0.129. The number of hydrogen-bond donors (Lipinski definition) is 0. The molecule has 0 amide bonds. The summed E-state index contributed by atoms with van der Waals surface area (Å²) in [5.74, 6) is -8.49. The first-order valence-corrected chi connectivity index (χ1v) is 17.4. The van der Waals surface area contributed by atoms with Crippen molar-refractivity contribution in [3.05, 3.63) is 128 Å². The zero-order valence-corrected chi connectivity index (χ0v) is 28.4. The Kier molecular flexibility index (Phi) is 6.80. The SMILES string of the molecule is N#CC(C#N)=C1/C(=N/c2cc3c(s2)-c2cc4c(cc2C3(F)F)-c2sc(/N=C3\C(=O)c5ccccc5C3=C(C#N)C#N)cc2C4(F)F)C(=O)c2ccccc21. The second kappa shape index (κ2) is 11.2. The Labute approximate surface area is 309 Å². The van der Waals surface area contributed by atoms with Crippen LogP contribution in [0.5, 0.6) is 0 Å². The predicted octanol–water partition coefficient (Wildman–Crippen LogP) is 9.59. The van der Waals surface area contributed by atoms with Crippen molar-refractivity contribution in [2.45, 2.75) is 11.8 Å². The number of rotatable bonds is 2. The monoisotopic (exact) mass is 748 g/mol. The minimum Gasteiger partial charge on any atom is -0.287 e. The number of Topliss-reactive ketones (excluding diaryl/α,β-unsaturated/α-hetero) is 2. The average Bonchev–Trinajstić information content (AvgIpc) is 3.98. The van der Waals surface area contributed by atoms with Gasteiger partial charge in [0.05, 0.1) is 0 Å². The molecule has 3 aromatic carbocycles. The van der Waals surface area contributed by atoms with Crippen LogP contribution in [0, 0.1) is 45.3 Å². The van der Waals surface area contributed by atoms with Crippen LogP contribution in [0.15, 0.2) is 93.9 Å². The molecule has 0 atom stereocenters. The number of thiophene rings is 2. The van der Waals surface area contributed by atoms with Gasteiger partial charge in [-0.3, -0.25) is 9.59 Å². The minimum atomic E-state index is -3.65. The number of hydrogen-bond acceptors (Lipinski definition) is 10. The van der Waals surface area contributed by atoms with Crippen LogP contribution < -0.4 is 0 Å². The van der Waals surface area contributed by atoms with Crippen LogP contribution in [0.4, 0.5) is 27.6 Å². The number of allylic oxidation sites excluding steroid dienone is 4. The molecule has 54 heavy (non-hydrogen) atoms. The number of ketones is 2. The Morgan fingerprint density at radius 1 is 0.519 bits per heavy atom. The lowest BCUT2D eigenvalue weighted by Gasteiger charge is -2.15. The topological polar surface area (TPSA) is 154 Å². The summed E-state index contributed by atoms with van der Waals surface area (Å²) in [6.07, 6.45) is 0. The zero-order chi connectivity index (χ0) is 37.8. The van der Waals surface area contributed by atoms with Crippen molar-refractivity contribution in [2.24, 2.45) is 9.98 Å². The zero-order valence-electron chi connectivity index (χ0n) is 26.8. The lowest BCUT2D eigenvalue weighted by Crippen LogP contribution is -2.13. The Balaban J connectivity index is 1.14. The molecule has 0 radical (unpaired) electrons. The van der Waals surface area contributed by atoms with E-state index in [1.165, 1.54) is 12.1 Å². The lowest BCUT2D eigenvalue weighted by molar-refractivity contribution is 0.0453. The highest BCUT2D eigenvalue weighted by molar-refractivity contribution is 7.20. The van der Waals surface area contributed by atoms with E-state index in [2.05, 4.69) is 9.98 Å². The molecule has 5 aromatic rings. The molecule has 0 bridgehead atoms. The third-order valence-corrected chi connectivity index (χ3v) is 11.7. The van der Waals surface area contributed by atoms with Gasteiger partial charge in [-0.2, -0.15) is 38.6 Å². The van der Waals surface area contributed by atoms with Crippen molar-refractivity contribution in [2.75, 3.05) is 0 Å². The molecular weight excluding hydrogens is 737 g/mol. The van der Waals surface area contributed by atoms with E-state index in [1.54, 1.807) is 60.7 Å². The maximum atomic E-state index is 16.2. The number of carbonyl (C=O) groups is 2. The summed E-state index contributed by atoms with van der Waals surface area (Å²) in [6.45, 7) is 0. The largest absolute Gasteiger partial charge is 0.300 e. The van der Waals surface area contributed by atoms with Crippen LogP contribution in [0.1, 0.15) is 54.1 Å². The van der Waals surface area contributed by atoms with E-state index >= 15 is 17.6 Å². The Hall–Kier alpha value is -7.10. The van der Waals surface area contributed by atoms with E-state index in [1.807, 2.05) is 0 Å². The fraction of sp³-hybridized carbons (Fsp3) is 0.0500. The van der Waals surface area contributed by atoms with E-state index in [-0.39, 0.29) is 75.7 Å². The van der Waals surface area contributed by atoms with Crippen LogP contribution in [0.3, 0.4) is 0 Å². The van der Waals surface area contributed by atoms with E-state index < -0.39 is 45.7 Å². The molecule has 14 heteroatoms. The molecule has 2 aromatic heterocycles. The lowest BCUT2D eigenvalue weighted by atomic mass is 9.99. The molecule has 4 aliphatic rings. The highest BCUT2D eigenvalue weighted by Crippen LogP contribution is 2.62. The second-order valence-corrected chi connectivity index (χ2v) is 14.4. The standard InChI is InChI=1S/C40H12F4N6O2S2/c41-39(42)25-10-24-26(9-23(25)37-27(39)11-29(53-37)49-33-31(17(13-45)14-46)19-5-1-3-7-21(19)35(33)51)40(43,44)28-12-30(54-38(24)28)50-34-32(18(15-47)16-48)20-6-2-4-8-22(20)36(34)52/h1-12H/b49-33-,50-34-. The smallest absolute Gasteiger partial charge is 0.287 e. The van der Waals surface area contributed by atoms with Gasteiger partial charge in [0.1, 0.15) is 56.8 Å². The van der Waals surface area contributed by atoms with Crippen molar-refractivity contribution < 1.29 is 27.2 Å². The third kappa shape index (κ3) is 4.24. The Morgan fingerprint density at radius 2 is 0.870 bits per heavy atom. The molecule has 0 unspecified atom stereocenters. The molecule has 8 nitrogen and oxygen atoms in total. The van der Waals surface area contributed by atoms with Gasteiger partial charge >= 0.3 is 11.8 Å². The van der Waals surface area contributed by atoms with E-state index in [9.17, 15) is 30.6 Å². The van der Waals surface area contributed by atoms with Gasteiger partial charge in [-0.1, -0.05) is 48.5 Å². The van der Waals surface area contributed by atoms with Crippen molar-refractivity contribution in [1.82, 2.24) is 0 Å². The molecule has 0 aliphatic heterocycles. The molecule has 0 saturated heterocycles. The van der Waals surface area contributed by atoms with Gasteiger partial charge in [-0.15, -0.1) is 22.7 Å². The summed E-state index contributed by atoms with van der Waals surface area (Å²) in [6, 6.07) is 23.8. The maximum Gasteiger partial charge on any atom is 0.300 e. The average molecular weight is 749 g/mol. The minimum absolute atomic E-state index is 0.0147. The first-order valence-electron chi connectivity index (χ1n) is 15.7. The van der Waals surface area contributed by atoms with Gasteiger partial charge in [0, 0.05) is 65.4 Å². The number of fused-ring (bicyclic) bond motifs is 8. The van der Waals surface area contributed by atoms with Crippen LogP contribution in [0.25, 0.3) is 32.0 Å². The van der Waals surface area contributed by atoms with E-state index in [4.69, 9.17) is 0 Å². The van der Waals surface area contributed by atoms with Gasteiger partial charge in [0.2, 0.25) is 11.6 Å². The highest BCUT2D eigenvalue weighted by Gasteiger charge is 2.52. The normalized spacial score (nSPS) is 17.6. The van der Waals surface area contributed by atoms with Crippen LogP contribution >= 0.6 is 22.7 Å². The Bertz CT molecular complexity index is 2760. The van der Waals surface area contributed by atoms with E-state index in [0.717, 1.165) is 46.9 Å². The van der Waals surface area contributed by atoms with E-state index in [0.29, 0.717) is 11.1 Å². The Morgan fingerprint density at radius 3 is 1.22 bits per heavy atom. The number of aliphatic imine (C=N–C) groups is 2. The summed E-state index contributed by atoms with van der Waals surface area (Å²) in [5, 5.41) is 38.3. The first kappa shape index (κ1) is 32.8. The molecule has 2 heterocycles. The summed E-state index contributed by atoms with van der Waals surface area (Å²) in [7, 11) is 0. The van der Waals surface area contributed by atoms with Gasteiger partial charge < -0.3 is 0 Å². The summed E-state index contributed by atoms with van der Waals surface area (Å²) in [5.41, 5.74) is -2.55. The fourth-order valence-corrected chi connectivity index (χ4v) is 9.46. The van der Waals surface area contributed by atoms with Gasteiger partial charge in [0.15, 0.2) is 0 Å². The molecule has 0 saturated carbocycles. The predicted molar refractivity (Wildman–Crippen MR) is 191 cm³/mol. The summed E-state index contributed by atoms with van der Waals surface area (Å²) in [4.78, 5) is 35.3. The van der Waals surface area contributed by atoms with Gasteiger partial charge in [-0.25, -0.2) is 9.98 Å². The molecule has 0 N–H and O–H groups in total. The maximum absolute atomic E-state index is 16.2. The number of halogens is 4. The number of nitriles is 4. The van der Waals surface area contributed by atoms with Crippen molar-refractivity contribution >= 4 is 66.8 Å². The number of benzene rings is 3. The van der Waals surface area contributed by atoms with Crippen molar-refractivity contribution in [1.29, 1.82) is 21.0 Å². The van der Waals surface area contributed by atoms with Crippen LogP contribution in [-0.4, -0.2) is 23.0 Å². The number of nitrogens with zero attached hydrogens (tertiary/aromatic N) is 6. The molecule has 0 fully saturated rings. The van der Waals surface area contributed by atoms with Crippen molar-refractivity contribution in [3.8, 4) is 45.2 Å². The molecule has 9 rings (SSSR count). The van der Waals surface area contributed by atoms with Crippen molar-refractivity contribution in [3.63, 3.8) is 0 Å². The second-order valence-electron chi connectivity index (χ2n) is 12.4. The van der Waals surface area contributed by atoms with Crippen LogP contribution in [-0.2, 0) is 11.8 Å². The first-order chi connectivity index (χ1) is 25.9. The molecule has 4 aliphatic carbocycles. The van der Waals surface area contributed by atoms with Gasteiger partial charge in [0.25, 0.3) is 0 Å². The fourth-order valence-electron chi connectivity index (χ4n) is 7.27. The molecule has 0 spiro atoms. The third-order valence-electron chi connectivity index (χ3n) is 9.62.